The van der Waals surface area contributed by atoms with Crippen molar-refractivity contribution < 1.29 is 27.4 Å². The maximum Gasteiger partial charge on any atom is 0.421 e. The van der Waals surface area contributed by atoms with Crippen molar-refractivity contribution in [1.82, 2.24) is 20.1 Å². The number of hydrogen-bond donors (Lipinski definition) is 1. The first-order valence-electron chi connectivity index (χ1n) is 8.89. The lowest BCUT2D eigenvalue weighted by Crippen LogP contribution is -2.54. The number of piperazine rings is 1. The molecule has 1 aliphatic heterocycles. The Balaban J connectivity index is 0.00000420. The van der Waals surface area contributed by atoms with Gasteiger partial charge in [-0.1, -0.05) is 0 Å². The molecule has 1 aliphatic rings. The molecule has 0 aromatic carbocycles. The van der Waals surface area contributed by atoms with Gasteiger partial charge in [0.2, 0.25) is 5.88 Å². The summed E-state index contributed by atoms with van der Waals surface area (Å²) >= 11 is 0. The number of aliphatic imine (C=N–C) groups is 1. The molecule has 1 aromatic rings. The van der Waals surface area contributed by atoms with Crippen LogP contribution in [0.25, 0.3) is 0 Å². The van der Waals surface area contributed by atoms with Crippen LogP contribution in [-0.4, -0.2) is 79.8 Å². The van der Waals surface area contributed by atoms with E-state index in [-0.39, 0.29) is 43.2 Å². The van der Waals surface area contributed by atoms with E-state index >= 15 is 0 Å². The zero-order valence-electron chi connectivity index (χ0n) is 16.2. The van der Waals surface area contributed by atoms with Crippen molar-refractivity contribution in [3.05, 3.63) is 23.9 Å². The van der Waals surface area contributed by atoms with E-state index in [1.807, 2.05) is 4.90 Å². The molecule has 0 unspecified atom stereocenters. The average Bonchev–Trinajstić information content (AvgIpc) is 2.68. The number of nitrogens with zero attached hydrogens (tertiary/aromatic N) is 4. The van der Waals surface area contributed by atoms with Crippen LogP contribution in [-0.2, 0) is 10.9 Å². The summed E-state index contributed by atoms with van der Waals surface area (Å²) in [4.78, 5) is 23.1. The van der Waals surface area contributed by atoms with Gasteiger partial charge in [0.25, 0.3) is 0 Å². The molecule has 12 heteroatoms. The SMILES string of the molecule is CCOC(=O)N1CCN(C(=NC)NCCOc2ncccc2C(F)(F)F)CC1.I. The van der Waals surface area contributed by atoms with Gasteiger partial charge in [-0.2, -0.15) is 13.2 Å². The number of hydrogen-bond acceptors (Lipinski definition) is 5. The fourth-order valence-electron chi connectivity index (χ4n) is 2.68. The number of pyridine rings is 1. The van der Waals surface area contributed by atoms with E-state index in [0.717, 1.165) is 6.07 Å². The van der Waals surface area contributed by atoms with Crippen molar-refractivity contribution in [3.8, 4) is 5.88 Å². The highest BCUT2D eigenvalue weighted by Gasteiger charge is 2.35. The number of aromatic nitrogens is 1. The number of halogens is 4. The van der Waals surface area contributed by atoms with Crippen molar-refractivity contribution in [2.45, 2.75) is 13.1 Å². The molecular weight excluding hydrogens is 506 g/mol. The summed E-state index contributed by atoms with van der Waals surface area (Å²) in [5.41, 5.74) is -0.908. The molecule has 0 aliphatic carbocycles. The van der Waals surface area contributed by atoms with Gasteiger partial charge in [-0.3, -0.25) is 4.99 Å². The summed E-state index contributed by atoms with van der Waals surface area (Å²) in [6.07, 6.45) is -3.61. The maximum atomic E-state index is 12.9. The number of ether oxygens (including phenoxy) is 2. The molecule has 1 saturated heterocycles. The molecule has 1 aromatic heterocycles. The summed E-state index contributed by atoms with van der Waals surface area (Å²) in [5.74, 6) is 0.138. The molecule has 1 N–H and O–H groups in total. The highest BCUT2D eigenvalue weighted by atomic mass is 127. The van der Waals surface area contributed by atoms with E-state index in [2.05, 4.69) is 15.3 Å². The molecule has 29 heavy (non-hydrogen) atoms. The van der Waals surface area contributed by atoms with Gasteiger partial charge in [0.05, 0.1) is 13.2 Å². The van der Waals surface area contributed by atoms with Crippen LogP contribution in [0.5, 0.6) is 5.88 Å². The molecule has 0 bridgehead atoms. The van der Waals surface area contributed by atoms with Crippen molar-refractivity contribution >= 4 is 36.0 Å². The van der Waals surface area contributed by atoms with Gasteiger partial charge < -0.3 is 24.6 Å². The summed E-state index contributed by atoms with van der Waals surface area (Å²) < 4.78 is 48.9. The highest BCUT2D eigenvalue weighted by Crippen LogP contribution is 2.34. The standard InChI is InChI=1S/C17H24F3N5O3.HI/c1-3-27-16(26)25-10-8-24(9-11-25)15(21-2)23-7-12-28-14-13(17(18,19)20)5-4-6-22-14;/h4-6H,3,7-12H2,1-2H3,(H,21,23);1H. The minimum Gasteiger partial charge on any atom is -0.475 e. The molecule has 1 amide bonds. The lowest BCUT2D eigenvalue weighted by atomic mass is 10.2. The number of amides is 1. The number of guanidine groups is 1. The molecule has 0 saturated carbocycles. The summed E-state index contributed by atoms with van der Waals surface area (Å²) in [7, 11) is 1.61. The second-order valence-corrected chi connectivity index (χ2v) is 5.85. The minimum atomic E-state index is -4.52. The van der Waals surface area contributed by atoms with Crippen molar-refractivity contribution in [2.75, 3.05) is 53.0 Å². The van der Waals surface area contributed by atoms with Gasteiger partial charge in [0.1, 0.15) is 12.2 Å². The quantitative estimate of drug-likeness (QED) is 0.272. The van der Waals surface area contributed by atoms with Crippen LogP contribution in [0.1, 0.15) is 12.5 Å². The van der Waals surface area contributed by atoms with Crippen LogP contribution in [0.2, 0.25) is 0 Å². The van der Waals surface area contributed by atoms with Gasteiger partial charge in [-0.15, -0.1) is 24.0 Å². The predicted octanol–water partition coefficient (Wildman–Crippen LogP) is 2.45. The zero-order valence-corrected chi connectivity index (χ0v) is 18.6. The molecule has 1 fully saturated rings. The third-order valence-electron chi connectivity index (χ3n) is 4.02. The normalized spacial score (nSPS) is 14.9. The van der Waals surface area contributed by atoms with Crippen LogP contribution < -0.4 is 10.1 Å². The van der Waals surface area contributed by atoms with Gasteiger partial charge in [-0.25, -0.2) is 9.78 Å². The Morgan fingerprint density at radius 3 is 2.52 bits per heavy atom. The van der Waals surface area contributed by atoms with Gasteiger partial charge in [0.15, 0.2) is 5.96 Å². The topological polar surface area (TPSA) is 79.3 Å². The van der Waals surface area contributed by atoms with Crippen LogP contribution in [0.3, 0.4) is 0 Å². The molecule has 164 valence electrons. The molecule has 0 atom stereocenters. The van der Waals surface area contributed by atoms with E-state index in [1.165, 1.54) is 12.3 Å². The first kappa shape index (κ1) is 25.0. The Labute approximate surface area is 184 Å². The Bertz CT molecular complexity index is 683. The first-order chi connectivity index (χ1) is 13.4. The second-order valence-electron chi connectivity index (χ2n) is 5.85. The molecule has 0 spiro atoms. The van der Waals surface area contributed by atoms with Crippen molar-refractivity contribution in [2.24, 2.45) is 4.99 Å². The minimum absolute atomic E-state index is 0. The Morgan fingerprint density at radius 2 is 1.93 bits per heavy atom. The summed E-state index contributed by atoms with van der Waals surface area (Å²) in [6.45, 7) is 4.45. The molecule has 0 radical (unpaired) electrons. The van der Waals surface area contributed by atoms with Crippen molar-refractivity contribution in [3.63, 3.8) is 0 Å². The molecular formula is C17H25F3IN5O3. The van der Waals surface area contributed by atoms with E-state index in [1.54, 1.807) is 18.9 Å². The van der Waals surface area contributed by atoms with Crippen LogP contribution >= 0.6 is 24.0 Å². The third kappa shape index (κ3) is 7.40. The molecule has 8 nitrogen and oxygen atoms in total. The van der Waals surface area contributed by atoms with Crippen molar-refractivity contribution in [1.29, 1.82) is 0 Å². The second kappa shape index (κ2) is 11.9. The number of carbonyl (C=O) groups excluding carboxylic acids is 1. The monoisotopic (exact) mass is 531 g/mol. The van der Waals surface area contributed by atoms with Crippen LogP contribution in [0.4, 0.5) is 18.0 Å². The van der Waals surface area contributed by atoms with Crippen LogP contribution in [0, 0.1) is 0 Å². The average molecular weight is 531 g/mol. The fraction of sp³-hybridized carbons (Fsp3) is 0.588. The Morgan fingerprint density at radius 1 is 1.28 bits per heavy atom. The lowest BCUT2D eigenvalue weighted by Gasteiger charge is -2.35. The van der Waals surface area contributed by atoms with E-state index in [4.69, 9.17) is 9.47 Å². The Hall–Kier alpha value is -1.99. The largest absolute Gasteiger partial charge is 0.475 e. The third-order valence-corrected chi connectivity index (χ3v) is 4.02. The van der Waals surface area contributed by atoms with Gasteiger partial charge >= 0.3 is 12.3 Å². The number of carbonyl (C=O) groups is 1. The van der Waals surface area contributed by atoms with E-state index in [9.17, 15) is 18.0 Å². The number of nitrogens with one attached hydrogen (secondary N) is 1. The van der Waals surface area contributed by atoms with Gasteiger partial charge in [0, 0.05) is 39.4 Å². The summed E-state index contributed by atoms with van der Waals surface area (Å²) in [5, 5.41) is 3.04. The van der Waals surface area contributed by atoms with Crippen LogP contribution in [0.15, 0.2) is 23.3 Å². The predicted molar refractivity (Wildman–Crippen MR) is 112 cm³/mol. The lowest BCUT2D eigenvalue weighted by molar-refractivity contribution is -0.139. The number of rotatable bonds is 5. The Kier molecular flexibility index (Phi) is 10.3. The van der Waals surface area contributed by atoms with Gasteiger partial charge in [-0.05, 0) is 19.1 Å². The number of alkyl halides is 3. The highest BCUT2D eigenvalue weighted by molar-refractivity contribution is 14.0. The van der Waals surface area contributed by atoms with E-state index in [0.29, 0.717) is 38.7 Å². The first-order valence-corrected chi connectivity index (χ1v) is 8.89. The molecule has 2 heterocycles. The molecule has 2 rings (SSSR count). The fourth-order valence-corrected chi connectivity index (χ4v) is 2.68. The zero-order chi connectivity index (χ0) is 20.6. The smallest absolute Gasteiger partial charge is 0.421 e. The maximum absolute atomic E-state index is 12.9. The summed E-state index contributed by atoms with van der Waals surface area (Å²) in [6, 6.07) is 2.14. The van der Waals surface area contributed by atoms with E-state index < -0.39 is 17.6 Å².